The summed E-state index contributed by atoms with van der Waals surface area (Å²) >= 11 is 2.99. The molecular weight excluding hydrogens is 326 g/mol. The number of fused-ring (bicyclic) bond motifs is 1. The minimum Gasteiger partial charge on any atom is -0.358 e. The average Bonchev–Trinajstić information content (AvgIpc) is 2.58. The van der Waals surface area contributed by atoms with Gasteiger partial charge in [-0.1, -0.05) is 13.8 Å². The summed E-state index contributed by atoms with van der Waals surface area (Å²) in [6.07, 6.45) is -5.36. The van der Waals surface area contributed by atoms with Gasteiger partial charge in [-0.25, -0.2) is 4.39 Å². The van der Waals surface area contributed by atoms with Gasteiger partial charge in [-0.2, -0.15) is 13.2 Å². The van der Waals surface area contributed by atoms with Crippen molar-refractivity contribution in [2.45, 2.75) is 33.4 Å². The first-order valence-corrected chi connectivity index (χ1v) is 6.60. The normalized spacial score (nSPS) is 11.4. The number of aromatic nitrogens is 1. The summed E-state index contributed by atoms with van der Waals surface area (Å²) in [6, 6.07) is 2.56. The molecule has 0 spiro atoms. The lowest BCUT2D eigenvalue weighted by molar-refractivity contribution is -0.127. The van der Waals surface area contributed by atoms with Gasteiger partial charge >= 0.3 is 6.18 Å². The van der Waals surface area contributed by atoms with Gasteiger partial charge < -0.3 is 4.98 Å². The molecule has 0 aliphatic carbocycles. The lowest BCUT2D eigenvalue weighted by Gasteiger charge is -2.06. The van der Waals surface area contributed by atoms with Gasteiger partial charge in [0.15, 0.2) is 0 Å². The molecule has 0 saturated carbocycles. The fraction of sp³-hybridized carbons (Fsp3) is 0.385. The van der Waals surface area contributed by atoms with Crippen molar-refractivity contribution >= 4 is 26.8 Å². The van der Waals surface area contributed by atoms with Crippen molar-refractivity contribution in [1.29, 1.82) is 0 Å². The Morgan fingerprint density at radius 1 is 1.21 bits per heavy atom. The van der Waals surface area contributed by atoms with Crippen LogP contribution in [0.3, 0.4) is 0 Å². The number of halogens is 5. The Morgan fingerprint density at radius 3 is 2.32 bits per heavy atom. The van der Waals surface area contributed by atoms with Crippen molar-refractivity contribution in [3.63, 3.8) is 0 Å². The standard InChI is InChI=1S/C11H8BrF4N.C2H6/c1-5-7(4-11(14,15)16)6-2-9(13)8(12)3-10(6)17-5;1-2/h2-3,17H,4H2,1H3;1-2H3. The lowest BCUT2D eigenvalue weighted by atomic mass is 10.1. The van der Waals surface area contributed by atoms with E-state index in [0.717, 1.165) is 6.07 Å². The molecule has 0 aliphatic rings. The quantitative estimate of drug-likeness (QED) is 0.659. The second-order valence-electron chi connectivity index (χ2n) is 3.83. The van der Waals surface area contributed by atoms with Gasteiger partial charge in [0.05, 0.1) is 10.9 Å². The maximum atomic E-state index is 13.3. The average molecular weight is 340 g/mol. The maximum absolute atomic E-state index is 13.3. The van der Waals surface area contributed by atoms with Crippen LogP contribution in [0.4, 0.5) is 17.6 Å². The van der Waals surface area contributed by atoms with Crippen LogP contribution in [0.2, 0.25) is 0 Å². The van der Waals surface area contributed by atoms with Crippen molar-refractivity contribution < 1.29 is 17.6 Å². The summed E-state index contributed by atoms with van der Waals surface area (Å²) < 4.78 is 50.7. The Morgan fingerprint density at radius 2 is 1.79 bits per heavy atom. The van der Waals surface area contributed by atoms with E-state index in [9.17, 15) is 17.6 Å². The summed E-state index contributed by atoms with van der Waals surface area (Å²) in [4.78, 5) is 2.82. The van der Waals surface area contributed by atoms with Crippen LogP contribution >= 0.6 is 15.9 Å². The van der Waals surface area contributed by atoms with Gasteiger partial charge in [0, 0.05) is 16.6 Å². The molecule has 19 heavy (non-hydrogen) atoms. The second kappa shape index (κ2) is 5.94. The number of alkyl halides is 3. The number of aromatic amines is 1. The second-order valence-corrected chi connectivity index (χ2v) is 4.69. The molecule has 1 aromatic carbocycles. The van der Waals surface area contributed by atoms with E-state index in [-0.39, 0.29) is 15.4 Å². The van der Waals surface area contributed by atoms with Gasteiger partial charge in [-0.05, 0) is 40.5 Å². The zero-order valence-corrected chi connectivity index (χ0v) is 12.3. The first kappa shape index (κ1) is 16.0. The van der Waals surface area contributed by atoms with Crippen LogP contribution in [-0.2, 0) is 6.42 Å². The molecule has 0 radical (unpaired) electrons. The molecule has 2 aromatic rings. The lowest BCUT2D eigenvalue weighted by Crippen LogP contribution is -2.12. The molecule has 2 rings (SSSR count). The van der Waals surface area contributed by atoms with E-state index in [4.69, 9.17) is 0 Å². The third-order valence-electron chi connectivity index (χ3n) is 2.54. The van der Waals surface area contributed by atoms with Crippen LogP contribution < -0.4 is 0 Å². The van der Waals surface area contributed by atoms with Crippen LogP contribution in [0.15, 0.2) is 16.6 Å². The van der Waals surface area contributed by atoms with Crippen molar-refractivity contribution in [3.05, 3.63) is 33.7 Å². The van der Waals surface area contributed by atoms with Gasteiger partial charge in [-0.15, -0.1) is 0 Å². The first-order valence-electron chi connectivity index (χ1n) is 5.81. The number of benzene rings is 1. The molecule has 0 aliphatic heterocycles. The Balaban J connectivity index is 0.000000861. The molecule has 0 atom stereocenters. The van der Waals surface area contributed by atoms with E-state index in [1.54, 1.807) is 6.92 Å². The zero-order valence-electron chi connectivity index (χ0n) is 10.8. The molecule has 0 saturated heterocycles. The number of aryl methyl sites for hydroxylation is 1. The maximum Gasteiger partial charge on any atom is 0.393 e. The number of hydrogen-bond acceptors (Lipinski definition) is 0. The molecule has 0 amide bonds. The molecule has 0 unspecified atom stereocenters. The first-order chi connectivity index (χ1) is 8.78. The highest BCUT2D eigenvalue weighted by Gasteiger charge is 2.30. The summed E-state index contributed by atoms with van der Waals surface area (Å²) in [5.41, 5.74) is 1.00. The highest BCUT2D eigenvalue weighted by molar-refractivity contribution is 9.10. The minimum absolute atomic E-state index is 0.0962. The van der Waals surface area contributed by atoms with E-state index in [1.165, 1.54) is 6.07 Å². The van der Waals surface area contributed by atoms with E-state index in [1.807, 2.05) is 13.8 Å². The topological polar surface area (TPSA) is 15.8 Å². The highest BCUT2D eigenvalue weighted by Crippen LogP contribution is 2.31. The van der Waals surface area contributed by atoms with Crippen molar-refractivity contribution in [1.82, 2.24) is 4.98 Å². The highest BCUT2D eigenvalue weighted by atomic mass is 79.9. The molecule has 1 heterocycles. The molecule has 1 nitrogen and oxygen atoms in total. The zero-order chi connectivity index (χ0) is 14.8. The van der Waals surface area contributed by atoms with Gasteiger partial charge in [-0.3, -0.25) is 0 Å². The van der Waals surface area contributed by atoms with Crippen LogP contribution in [0.25, 0.3) is 10.9 Å². The fourth-order valence-corrected chi connectivity index (χ4v) is 2.15. The van der Waals surface area contributed by atoms with Crippen LogP contribution in [0.5, 0.6) is 0 Å². The number of nitrogens with one attached hydrogen (secondary N) is 1. The Bertz CT molecular complexity index is 572. The van der Waals surface area contributed by atoms with Gasteiger partial charge in [0.25, 0.3) is 0 Å². The molecule has 1 aromatic heterocycles. The SMILES string of the molecule is CC.Cc1[nH]c2cc(Br)c(F)cc2c1CC(F)(F)F. The molecule has 106 valence electrons. The largest absolute Gasteiger partial charge is 0.393 e. The minimum atomic E-state index is -4.30. The predicted octanol–water partition coefficient (Wildman–Crippen LogP) is 5.51. The monoisotopic (exact) mass is 339 g/mol. The third-order valence-corrected chi connectivity index (χ3v) is 3.15. The molecule has 1 N–H and O–H groups in total. The van der Waals surface area contributed by atoms with Crippen LogP contribution in [-0.4, -0.2) is 11.2 Å². The van der Waals surface area contributed by atoms with E-state index < -0.39 is 18.4 Å². The summed E-state index contributed by atoms with van der Waals surface area (Å²) in [5.74, 6) is -0.570. The van der Waals surface area contributed by atoms with Gasteiger partial charge in [0.2, 0.25) is 0 Å². The smallest absolute Gasteiger partial charge is 0.358 e. The fourth-order valence-electron chi connectivity index (χ4n) is 1.81. The Kier molecular flexibility index (Phi) is 5.01. The molecule has 0 fully saturated rings. The van der Waals surface area contributed by atoms with Crippen LogP contribution in [0, 0.1) is 12.7 Å². The van der Waals surface area contributed by atoms with Gasteiger partial charge in [0.1, 0.15) is 5.82 Å². The van der Waals surface area contributed by atoms with E-state index in [0.29, 0.717) is 11.2 Å². The predicted molar refractivity (Wildman–Crippen MR) is 71.8 cm³/mol. The summed E-state index contributed by atoms with van der Waals surface area (Å²) in [7, 11) is 0. The summed E-state index contributed by atoms with van der Waals surface area (Å²) in [5, 5.41) is 0.278. The van der Waals surface area contributed by atoms with Crippen molar-refractivity contribution in [3.8, 4) is 0 Å². The van der Waals surface area contributed by atoms with E-state index >= 15 is 0 Å². The third kappa shape index (κ3) is 3.72. The molecule has 0 bridgehead atoms. The number of rotatable bonds is 1. The summed E-state index contributed by atoms with van der Waals surface area (Å²) in [6.45, 7) is 5.55. The molecule has 6 heteroatoms. The Hall–Kier alpha value is -1.04. The number of H-pyrrole nitrogens is 1. The Labute approximate surface area is 117 Å². The van der Waals surface area contributed by atoms with Crippen LogP contribution in [0.1, 0.15) is 25.1 Å². The molecular formula is C13H14BrF4N. The van der Waals surface area contributed by atoms with Crippen molar-refractivity contribution in [2.75, 3.05) is 0 Å². The van der Waals surface area contributed by atoms with Crippen molar-refractivity contribution in [2.24, 2.45) is 0 Å². The van der Waals surface area contributed by atoms with E-state index in [2.05, 4.69) is 20.9 Å². The number of hydrogen-bond donors (Lipinski definition) is 1.